The Hall–Kier alpha value is -0.0800. The standard InChI is InChI=1S/C8H19NO/c1-4-9-6-5-8(2,3)7-10/h9-10H,4-7H2,1-3H3. The highest BCUT2D eigenvalue weighted by atomic mass is 16.3. The van der Waals surface area contributed by atoms with E-state index in [0.717, 1.165) is 19.5 Å². The highest BCUT2D eigenvalue weighted by Crippen LogP contribution is 2.17. The third-order valence-corrected chi connectivity index (χ3v) is 1.66. The van der Waals surface area contributed by atoms with E-state index in [0.29, 0.717) is 0 Å². The lowest BCUT2D eigenvalue weighted by Crippen LogP contribution is -2.24. The molecule has 2 N–H and O–H groups in total. The normalized spacial score (nSPS) is 12.0. The van der Waals surface area contributed by atoms with Crippen molar-refractivity contribution in [1.29, 1.82) is 0 Å². The second-order valence-corrected chi connectivity index (χ2v) is 3.43. The monoisotopic (exact) mass is 145 g/mol. The molecule has 0 amide bonds. The lowest BCUT2D eigenvalue weighted by Gasteiger charge is -2.20. The molecule has 0 radical (unpaired) electrons. The van der Waals surface area contributed by atoms with E-state index in [9.17, 15) is 0 Å². The average Bonchev–Trinajstić information content (AvgIpc) is 1.89. The van der Waals surface area contributed by atoms with Gasteiger partial charge >= 0.3 is 0 Å². The predicted octanol–water partition coefficient (Wildman–Crippen LogP) is 1.00. The molecule has 0 bridgehead atoms. The van der Waals surface area contributed by atoms with Gasteiger partial charge in [0.1, 0.15) is 0 Å². The van der Waals surface area contributed by atoms with E-state index >= 15 is 0 Å². The van der Waals surface area contributed by atoms with Gasteiger partial charge in [-0.05, 0) is 24.9 Å². The van der Waals surface area contributed by atoms with Crippen LogP contribution in [0.3, 0.4) is 0 Å². The van der Waals surface area contributed by atoms with Crippen LogP contribution in [0.5, 0.6) is 0 Å². The molecule has 10 heavy (non-hydrogen) atoms. The summed E-state index contributed by atoms with van der Waals surface area (Å²) in [4.78, 5) is 0. The zero-order valence-corrected chi connectivity index (χ0v) is 7.28. The predicted molar refractivity (Wildman–Crippen MR) is 44.0 cm³/mol. The quantitative estimate of drug-likeness (QED) is 0.566. The van der Waals surface area contributed by atoms with Crippen molar-refractivity contribution in [3.63, 3.8) is 0 Å². The first kappa shape index (κ1) is 9.92. The molecule has 0 aliphatic carbocycles. The van der Waals surface area contributed by atoms with Crippen LogP contribution in [0, 0.1) is 5.41 Å². The Labute approximate surface area is 63.6 Å². The Morgan fingerprint density at radius 2 is 2.00 bits per heavy atom. The number of rotatable bonds is 5. The first-order valence-electron chi connectivity index (χ1n) is 3.94. The molecule has 0 aliphatic heterocycles. The van der Waals surface area contributed by atoms with Gasteiger partial charge in [0, 0.05) is 6.61 Å². The van der Waals surface area contributed by atoms with Crippen molar-refractivity contribution in [2.75, 3.05) is 19.7 Å². The lowest BCUT2D eigenvalue weighted by atomic mass is 9.91. The summed E-state index contributed by atoms with van der Waals surface area (Å²) in [5.41, 5.74) is 0.0855. The Kier molecular flexibility index (Phi) is 4.65. The summed E-state index contributed by atoms with van der Waals surface area (Å²) in [6, 6.07) is 0. The molecular weight excluding hydrogens is 126 g/mol. The van der Waals surface area contributed by atoms with Crippen LogP contribution >= 0.6 is 0 Å². The molecule has 0 heterocycles. The fourth-order valence-electron chi connectivity index (χ4n) is 0.683. The third kappa shape index (κ3) is 4.77. The third-order valence-electron chi connectivity index (χ3n) is 1.66. The number of nitrogens with one attached hydrogen (secondary N) is 1. The number of hydrogen-bond acceptors (Lipinski definition) is 2. The molecule has 0 aromatic rings. The van der Waals surface area contributed by atoms with E-state index in [2.05, 4.69) is 26.1 Å². The van der Waals surface area contributed by atoms with Crippen molar-refractivity contribution in [1.82, 2.24) is 5.32 Å². The smallest absolute Gasteiger partial charge is 0.0482 e. The van der Waals surface area contributed by atoms with E-state index in [1.165, 1.54) is 0 Å². The summed E-state index contributed by atoms with van der Waals surface area (Å²) >= 11 is 0. The summed E-state index contributed by atoms with van der Waals surface area (Å²) in [6.07, 6.45) is 1.04. The van der Waals surface area contributed by atoms with Crippen LogP contribution < -0.4 is 5.32 Å². The van der Waals surface area contributed by atoms with Crippen molar-refractivity contribution in [2.24, 2.45) is 5.41 Å². The largest absolute Gasteiger partial charge is 0.396 e. The fourth-order valence-corrected chi connectivity index (χ4v) is 0.683. The van der Waals surface area contributed by atoms with Gasteiger partial charge in [-0.2, -0.15) is 0 Å². The van der Waals surface area contributed by atoms with Gasteiger partial charge in [-0.3, -0.25) is 0 Å². The number of aliphatic hydroxyl groups is 1. The second-order valence-electron chi connectivity index (χ2n) is 3.43. The molecule has 0 aromatic carbocycles. The van der Waals surface area contributed by atoms with Crippen molar-refractivity contribution in [3.05, 3.63) is 0 Å². The molecule has 2 heteroatoms. The first-order valence-corrected chi connectivity index (χ1v) is 3.94. The van der Waals surface area contributed by atoms with Gasteiger partial charge in [0.05, 0.1) is 0 Å². The van der Waals surface area contributed by atoms with Crippen LogP contribution in [0.4, 0.5) is 0 Å². The van der Waals surface area contributed by atoms with Gasteiger partial charge in [0.2, 0.25) is 0 Å². The van der Waals surface area contributed by atoms with Gasteiger partial charge in [0.15, 0.2) is 0 Å². The highest BCUT2D eigenvalue weighted by molar-refractivity contribution is 4.67. The van der Waals surface area contributed by atoms with E-state index in [1.54, 1.807) is 0 Å². The topological polar surface area (TPSA) is 32.3 Å². The summed E-state index contributed by atoms with van der Waals surface area (Å²) in [5.74, 6) is 0. The van der Waals surface area contributed by atoms with Crippen LogP contribution in [-0.2, 0) is 0 Å². The molecular formula is C8H19NO. The molecule has 0 aliphatic rings. The molecule has 0 spiro atoms. The summed E-state index contributed by atoms with van der Waals surface area (Å²) in [5, 5.41) is 12.1. The molecule has 62 valence electrons. The molecule has 0 saturated carbocycles. The van der Waals surface area contributed by atoms with E-state index in [-0.39, 0.29) is 12.0 Å². The molecule has 0 saturated heterocycles. The number of aliphatic hydroxyl groups excluding tert-OH is 1. The van der Waals surface area contributed by atoms with E-state index in [1.807, 2.05) is 0 Å². The SMILES string of the molecule is CCNCCC(C)(C)CO. The van der Waals surface area contributed by atoms with E-state index < -0.39 is 0 Å². The van der Waals surface area contributed by atoms with Crippen LogP contribution in [0.25, 0.3) is 0 Å². The van der Waals surface area contributed by atoms with Crippen LogP contribution in [-0.4, -0.2) is 24.8 Å². The van der Waals surface area contributed by atoms with Crippen molar-refractivity contribution < 1.29 is 5.11 Å². The van der Waals surface area contributed by atoms with E-state index in [4.69, 9.17) is 5.11 Å². The minimum absolute atomic E-state index is 0.0855. The van der Waals surface area contributed by atoms with Crippen LogP contribution in [0.1, 0.15) is 27.2 Å². The number of hydrogen-bond donors (Lipinski definition) is 2. The second kappa shape index (κ2) is 4.69. The summed E-state index contributed by atoms with van der Waals surface area (Å²) < 4.78 is 0. The molecule has 0 aromatic heterocycles. The fraction of sp³-hybridized carbons (Fsp3) is 1.00. The zero-order chi connectivity index (χ0) is 8.04. The van der Waals surface area contributed by atoms with Crippen LogP contribution in [0.2, 0.25) is 0 Å². The Balaban J connectivity index is 3.28. The molecule has 0 unspecified atom stereocenters. The summed E-state index contributed by atoms with van der Waals surface area (Å²) in [7, 11) is 0. The van der Waals surface area contributed by atoms with Gasteiger partial charge in [-0.25, -0.2) is 0 Å². The zero-order valence-electron chi connectivity index (χ0n) is 7.28. The maximum Gasteiger partial charge on any atom is 0.0482 e. The first-order chi connectivity index (χ1) is 4.62. The Bertz CT molecular complexity index is 81.3. The Morgan fingerprint density at radius 1 is 1.40 bits per heavy atom. The maximum absolute atomic E-state index is 8.87. The van der Waals surface area contributed by atoms with Gasteiger partial charge in [-0.1, -0.05) is 20.8 Å². The molecule has 2 nitrogen and oxygen atoms in total. The molecule has 0 fully saturated rings. The minimum atomic E-state index is 0.0855. The lowest BCUT2D eigenvalue weighted by molar-refractivity contribution is 0.150. The highest BCUT2D eigenvalue weighted by Gasteiger charge is 2.14. The minimum Gasteiger partial charge on any atom is -0.396 e. The Morgan fingerprint density at radius 3 is 2.40 bits per heavy atom. The molecule has 0 atom stereocenters. The van der Waals surface area contributed by atoms with Gasteiger partial charge < -0.3 is 10.4 Å². The van der Waals surface area contributed by atoms with Gasteiger partial charge in [-0.15, -0.1) is 0 Å². The van der Waals surface area contributed by atoms with Crippen molar-refractivity contribution in [2.45, 2.75) is 27.2 Å². The summed E-state index contributed by atoms with van der Waals surface area (Å²) in [6.45, 7) is 8.53. The van der Waals surface area contributed by atoms with Crippen molar-refractivity contribution in [3.8, 4) is 0 Å². The maximum atomic E-state index is 8.87. The molecule has 0 rings (SSSR count). The van der Waals surface area contributed by atoms with Gasteiger partial charge in [0.25, 0.3) is 0 Å². The average molecular weight is 145 g/mol. The van der Waals surface area contributed by atoms with Crippen molar-refractivity contribution >= 4 is 0 Å². The van der Waals surface area contributed by atoms with Crippen LogP contribution in [0.15, 0.2) is 0 Å².